The molecule has 78 valence electrons. The van der Waals surface area contributed by atoms with E-state index in [0.29, 0.717) is 12.3 Å². The van der Waals surface area contributed by atoms with E-state index < -0.39 is 0 Å². The van der Waals surface area contributed by atoms with Crippen LogP contribution in [-0.2, 0) is 6.42 Å². The molecule has 2 heteroatoms. The van der Waals surface area contributed by atoms with Crippen LogP contribution in [0.2, 0.25) is 0 Å². The lowest BCUT2D eigenvalue weighted by molar-refractivity contribution is 0.485. The van der Waals surface area contributed by atoms with Crippen LogP contribution in [0, 0.1) is 11.7 Å². The number of halogens is 1. The molecule has 0 unspecified atom stereocenters. The largest absolute Gasteiger partial charge is 0.327 e. The summed E-state index contributed by atoms with van der Waals surface area (Å²) < 4.78 is 13.2. The van der Waals surface area contributed by atoms with Crippen LogP contribution in [0.3, 0.4) is 0 Å². The first-order chi connectivity index (χ1) is 6.59. The first-order valence-corrected chi connectivity index (χ1v) is 5.08. The quantitative estimate of drug-likeness (QED) is 0.785. The Balaban J connectivity index is 2.56. The minimum absolute atomic E-state index is 0.0619. The Morgan fingerprint density at radius 3 is 2.50 bits per heavy atom. The third-order valence-electron chi connectivity index (χ3n) is 2.21. The van der Waals surface area contributed by atoms with Gasteiger partial charge in [0, 0.05) is 6.04 Å². The maximum absolute atomic E-state index is 13.2. The number of hydrogen-bond donors (Lipinski definition) is 1. The van der Waals surface area contributed by atoms with Crippen LogP contribution in [0.15, 0.2) is 24.3 Å². The lowest BCUT2D eigenvalue weighted by Crippen LogP contribution is -2.25. The third kappa shape index (κ3) is 3.46. The summed E-state index contributed by atoms with van der Waals surface area (Å²) in [6.45, 7) is 4.25. The molecule has 1 aromatic carbocycles. The highest BCUT2D eigenvalue weighted by atomic mass is 19.1. The van der Waals surface area contributed by atoms with Crippen LogP contribution in [0.1, 0.15) is 25.8 Å². The van der Waals surface area contributed by atoms with E-state index in [4.69, 9.17) is 5.73 Å². The predicted molar refractivity (Wildman–Crippen MR) is 57.5 cm³/mol. The van der Waals surface area contributed by atoms with Gasteiger partial charge < -0.3 is 5.73 Å². The fraction of sp³-hybridized carbons (Fsp3) is 0.500. The molecule has 0 spiro atoms. The second-order valence-electron chi connectivity index (χ2n) is 4.19. The van der Waals surface area contributed by atoms with E-state index in [1.807, 2.05) is 6.07 Å². The molecule has 1 aromatic rings. The summed E-state index contributed by atoms with van der Waals surface area (Å²) in [5.74, 6) is 0.420. The minimum atomic E-state index is -0.147. The Bertz CT molecular complexity index is 283. The Hall–Kier alpha value is -0.890. The second kappa shape index (κ2) is 5.11. The van der Waals surface area contributed by atoms with Crippen molar-refractivity contribution in [3.8, 4) is 0 Å². The molecular weight excluding hydrogens is 177 g/mol. The highest BCUT2D eigenvalue weighted by molar-refractivity contribution is 5.18. The highest BCUT2D eigenvalue weighted by Gasteiger charge is 2.09. The van der Waals surface area contributed by atoms with Crippen LogP contribution in [-0.4, -0.2) is 6.04 Å². The molecule has 0 saturated carbocycles. The molecular formula is C12H18FN. The average molecular weight is 195 g/mol. The molecule has 1 atom stereocenters. The predicted octanol–water partition coefficient (Wildman–Crippen LogP) is 2.74. The molecule has 14 heavy (non-hydrogen) atoms. The number of rotatable bonds is 4. The molecule has 0 fully saturated rings. The first-order valence-electron chi connectivity index (χ1n) is 5.08. The van der Waals surface area contributed by atoms with Crippen molar-refractivity contribution in [1.82, 2.24) is 0 Å². The monoisotopic (exact) mass is 195 g/mol. The standard InChI is InChI=1S/C12H18FN/c1-9(2)7-11(14)8-10-5-3-4-6-12(10)13/h3-6,9,11H,7-8,14H2,1-2H3/t11-/m0/s1. The highest BCUT2D eigenvalue weighted by Crippen LogP contribution is 2.12. The Labute approximate surface area is 85.1 Å². The summed E-state index contributed by atoms with van der Waals surface area (Å²) in [6, 6.07) is 6.90. The fourth-order valence-corrected chi connectivity index (χ4v) is 1.64. The number of hydrogen-bond acceptors (Lipinski definition) is 1. The van der Waals surface area contributed by atoms with Gasteiger partial charge in [-0.3, -0.25) is 0 Å². The van der Waals surface area contributed by atoms with E-state index in [1.165, 1.54) is 6.07 Å². The van der Waals surface area contributed by atoms with E-state index in [9.17, 15) is 4.39 Å². The van der Waals surface area contributed by atoms with Gasteiger partial charge in [0.15, 0.2) is 0 Å². The van der Waals surface area contributed by atoms with Crippen LogP contribution < -0.4 is 5.73 Å². The molecule has 0 aliphatic heterocycles. The fourth-order valence-electron chi connectivity index (χ4n) is 1.64. The Morgan fingerprint density at radius 1 is 1.29 bits per heavy atom. The van der Waals surface area contributed by atoms with Gasteiger partial charge in [-0.1, -0.05) is 32.0 Å². The zero-order valence-electron chi connectivity index (χ0n) is 8.83. The van der Waals surface area contributed by atoms with E-state index in [2.05, 4.69) is 13.8 Å². The molecule has 0 aliphatic carbocycles. The molecule has 0 bridgehead atoms. The summed E-state index contributed by atoms with van der Waals surface area (Å²) in [4.78, 5) is 0. The van der Waals surface area contributed by atoms with E-state index >= 15 is 0 Å². The van der Waals surface area contributed by atoms with Gasteiger partial charge in [0.25, 0.3) is 0 Å². The summed E-state index contributed by atoms with van der Waals surface area (Å²) >= 11 is 0. The summed E-state index contributed by atoms with van der Waals surface area (Å²) in [7, 11) is 0. The van der Waals surface area contributed by atoms with Crippen molar-refractivity contribution in [1.29, 1.82) is 0 Å². The molecule has 0 saturated heterocycles. The van der Waals surface area contributed by atoms with Crippen LogP contribution in [0.4, 0.5) is 4.39 Å². The van der Waals surface area contributed by atoms with E-state index in [0.717, 1.165) is 12.0 Å². The van der Waals surface area contributed by atoms with Gasteiger partial charge in [-0.05, 0) is 30.4 Å². The van der Waals surface area contributed by atoms with Crippen molar-refractivity contribution in [2.75, 3.05) is 0 Å². The second-order valence-corrected chi connectivity index (χ2v) is 4.19. The SMILES string of the molecule is CC(C)C[C@H](N)Cc1ccccc1F. The Kier molecular flexibility index (Phi) is 4.08. The number of nitrogens with two attached hydrogens (primary N) is 1. The summed E-state index contributed by atoms with van der Waals surface area (Å²) in [6.07, 6.45) is 1.57. The van der Waals surface area contributed by atoms with Gasteiger partial charge >= 0.3 is 0 Å². The van der Waals surface area contributed by atoms with Crippen molar-refractivity contribution in [3.05, 3.63) is 35.6 Å². The molecule has 2 N–H and O–H groups in total. The molecule has 0 aromatic heterocycles. The van der Waals surface area contributed by atoms with Crippen molar-refractivity contribution in [3.63, 3.8) is 0 Å². The van der Waals surface area contributed by atoms with E-state index in [-0.39, 0.29) is 11.9 Å². The topological polar surface area (TPSA) is 26.0 Å². The van der Waals surface area contributed by atoms with Crippen LogP contribution >= 0.6 is 0 Å². The molecule has 0 amide bonds. The number of benzene rings is 1. The molecule has 1 rings (SSSR count). The smallest absolute Gasteiger partial charge is 0.126 e. The van der Waals surface area contributed by atoms with Gasteiger partial charge in [0.1, 0.15) is 5.82 Å². The van der Waals surface area contributed by atoms with Gasteiger partial charge in [0.2, 0.25) is 0 Å². The van der Waals surface area contributed by atoms with Gasteiger partial charge in [0.05, 0.1) is 0 Å². The van der Waals surface area contributed by atoms with Crippen molar-refractivity contribution in [2.45, 2.75) is 32.7 Å². The van der Waals surface area contributed by atoms with Crippen molar-refractivity contribution < 1.29 is 4.39 Å². The zero-order valence-corrected chi connectivity index (χ0v) is 8.83. The minimum Gasteiger partial charge on any atom is -0.327 e. The molecule has 0 radical (unpaired) electrons. The third-order valence-corrected chi connectivity index (χ3v) is 2.21. The summed E-state index contributed by atoms with van der Waals surface area (Å²) in [5.41, 5.74) is 6.63. The van der Waals surface area contributed by atoms with Gasteiger partial charge in [-0.2, -0.15) is 0 Å². The van der Waals surface area contributed by atoms with Crippen molar-refractivity contribution in [2.24, 2.45) is 11.7 Å². The van der Waals surface area contributed by atoms with Gasteiger partial charge in [-0.25, -0.2) is 4.39 Å². The average Bonchev–Trinajstić information content (AvgIpc) is 2.07. The Morgan fingerprint density at radius 2 is 1.93 bits per heavy atom. The zero-order chi connectivity index (χ0) is 10.6. The molecule has 0 heterocycles. The first kappa shape index (κ1) is 11.2. The van der Waals surface area contributed by atoms with E-state index in [1.54, 1.807) is 12.1 Å². The summed E-state index contributed by atoms with van der Waals surface area (Å²) in [5, 5.41) is 0. The van der Waals surface area contributed by atoms with Crippen LogP contribution in [0.5, 0.6) is 0 Å². The maximum atomic E-state index is 13.2. The normalized spacial score (nSPS) is 13.2. The van der Waals surface area contributed by atoms with Crippen LogP contribution in [0.25, 0.3) is 0 Å². The maximum Gasteiger partial charge on any atom is 0.126 e. The van der Waals surface area contributed by atoms with Crippen molar-refractivity contribution >= 4 is 0 Å². The lowest BCUT2D eigenvalue weighted by Gasteiger charge is -2.14. The van der Waals surface area contributed by atoms with Gasteiger partial charge in [-0.15, -0.1) is 0 Å². The molecule has 1 nitrogen and oxygen atoms in total. The lowest BCUT2D eigenvalue weighted by atomic mass is 9.98. The molecule has 0 aliphatic rings.